The number of carbonyl (C=O) groups is 2. The average Bonchev–Trinajstić information content (AvgIpc) is 3.21. The molecule has 5 heteroatoms. The van der Waals surface area contributed by atoms with Gasteiger partial charge in [-0.2, -0.15) is 0 Å². The van der Waals surface area contributed by atoms with Crippen LogP contribution in [0.2, 0.25) is 0 Å². The molecule has 0 rings (SSSR count). The van der Waals surface area contributed by atoms with Crippen LogP contribution in [-0.2, 0) is 19.1 Å². The molecule has 0 aliphatic carbocycles. The number of hydrogen-bond donors (Lipinski definition) is 1. The van der Waals surface area contributed by atoms with E-state index in [0.29, 0.717) is 12.8 Å². The fourth-order valence-electron chi connectivity index (χ4n) is 7.91. The zero-order chi connectivity index (χ0) is 41.4. The van der Waals surface area contributed by atoms with Crippen molar-refractivity contribution in [1.82, 2.24) is 0 Å². The first-order chi connectivity index (χ1) is 28.1. The number of allylic oxidation sites excluding steroid dienone is 2. The van der Waals surface area contributed by atoms with Gasteiger partial charge >= 0.3 is 11.9 Å². The molecular formula is C52H100O5. The van der Waals surface area contributed by atoms with Crippen LogP contribution in [0.5, 0.6) is 0 Å². The van der Waals surface area contributed by atoms with Crippen molar-refractivity contribution in [1.29, 1.82) is 0 Å². The summed E-state index contributed by atoms with van der Waals surface area (Å²) in [6.45, 7) is 4.10. The van der Waals surface area contributed by atoms with Gasteiger partial charge in [-0.05, 0) is 32.1 Å². The SMILES string of the molecule is CCC/C=C\CCCCCCCC(=O)OC(CO)COC(=O)CCCCCCCCCCCCCCCCCCCCCCCCCCCCCCCCCCC. The van der Waals surface area contributed by atoms with Gasteiger partial charge in [-0.3, -0.25) is 9.59 Å². The monoisotopic (exact) mass is 805 g/mol. The third kappa shape index (κ3) is 47.2. The summed E-state index contributed by atoms with van der Waals surface area (Å²) >= 11 is 0. The Morgan fingerprint density at radius 3 is 1.02 bits per heavy atom. The van der Waals surface area contributed by atoms with Gasteiger partial charge in [0.15, 0.2) is 6.10 Å². The molecule has 0 saturated carbocycles. The van der Waals surface area contributed by atoms with Gasteiger partial charge in [0, 0.05) is 12.8 Å². The lowest BCUT2D eigenvalue weighted by Crippen LogP contribution is -2.28. The molecule has 0 saturated heterocycles. The number of unbranched alkanes of at least 4 members (excludes halogenated alkanes) is 38. The topological polar surface area (TPSA) is 72.8 Å². The molecule has 0 bridgehead atoms. The lowest BCUT2D eigenvalue weighted by molar-refractivity contribution is -0.161. The summed E-state index contributed by atoms with van der Waals surface area (Å²) in [5, 5.41) is 9.56. The summed E-state index contributed by atoms with van der Waals surface area (Å²) in [5.41, 5.74) is 0. The quantitative estimate of drug-likeness (QED) is 0.0377. The minimum absolute atomic E-state index is 0.0632. The highest BCUT2D eigenvalue weighted by Gasteiger charge is 2.16. The van der Waals surface area contributed by atoms with Crippen LogP contribution in [0.15, 0.2) is 12.2 Å². The molecule has 1 N–H and O–H groups in total. The van der Waals surface area contributed by atoms with Crippen LogP contribution in [0.1, 0.15) is 290 Å². The van der Waals surface area contributed by atoms with Crippen LogP contribution in [0.25, 0.3) is 0 Å². The highest BCUT2D eigenvalue weighted by atomic mass is 16.6. The van der Waals surface area contributed by atoms with E-state index in [9.17, 15) is 14.7 Å². The van der Waals surface area contributed by atoms with Crippen molar-refractivity contribution in [3.63, 3.8) is 0 Å². The molecule has 0 aromatic heterocycles. The number of aliphatic hydroxyl groups is 1. The summed E-state index contributed by atoms with van der Waals surface area (Å²) in [4.78, 5) is 24.3. The fraction of sp³-hybridized carbons (Fsp3) is 0.923. The number of carbonyl (C=O) groups excluding carboxylic acids is 2. The van der Waals surface area contributed by atoms with Crippen LogP contribution >= 0.6 is 0 Å². The number of rotatable bonds is 48. The number of ether oxygens (including phenoxy) is 2. The Balaban J connectivity index is 3.33. The standard InChI is InChI=1S/C52H100O5/c1-3-5-7-9-11-13-15-16-17-18-19-20-21-22-23-24-25-26-27-28-29-30-31-32-33-34-35-36-37-39-40-42-44-46-51(54)56-49-50(48-53)57-52(55)47-45-43-41-38-14-12-10-8-6-4-2/h8,10,50,53H,3-7,9,11-49H2,1-2H3/b10-8-. The molecule has 0 aromatic rings. The van der Waals surface area contributed by atoms with Gasteiger partial charge in [-0.25, -0.2) is 0 Å². The van der Waals surface area contributed by atoms with E-state index in [1.54, 1.807) is 0 Å². The molecule has 1 unspecified atom stereocenters. The normalized spacial score (nSPS) is 12.1. The third-order valence-corrected chi connectivity index (χ3v) is 11.8. The molecule has 0 aromatic carbocycles. The van der Waals surface area contributed by atoms with Crippen molar-refractivity contribution >= 4 is 11.9 Å². The van der Waals surface area contributed by atoms with E-state index < -0.39 is 6.10 Å². The lowest BCUT2D eigenvalue weighted by atomic mass is 10.0. The minimum atomic E-state index is -0.769. The minimum Gasteiger partial charge on any atom is -0.462 e. The maximum atomic E-state index is 12.1. The molecule has 338 valence electrons. The molecule has 0 fully saturated rings. The second-order valence-corrected chi connectivity index (χ2v) is 17.6. The molecule has 0 aliphatic rings. The smallest absolute Gasteiger partial charge is 0.306 e. The van der Waals surface area contributed by atoms with Crippen LogP contribution < -0.4 is 0 Å². The van der Waals surface area contributed by atoms with Crippen molar-refractivity contribution in [3.8, 4) is 0 Å². The second-order valence-electron chi connectivity index (χ2n) is 17.6. The summed E-state index contributed by atoms with van der Waals surface area (Å²) in [6.07, 6.45) is 59.2. The maximum absolute atomic E-state index is 12.1. The van der Waals surface area contributed by atoms with Gasteiger partial charge in [-0.15, -0.1) is 0 Å². The number of hydrogen-bond acceptors (Lipinski definition) is 5. The third-order valence-electron chi connectivity index (χ3n) is 11.8. The molecular weight excluding hydrogens is 705 g/mol. The predicted octanol–water partition coefficient (Wildman–Crippen LogP) is 16.8. The van der Waals surface area contributed by atoms with Crippen molar-refractivity contribution in [3.05, 3.63) is 12.2 Å². The maximum Gasteiger partial charge on any atom is 0.306 e. The van der Waals surface area contributed by atoms with Crippen LogP contribution in [0.4, 0.5) is 0 Å². The summed E-state index contributed by atoms with van der Waals surface area (Å²) in [7, 11) is 0. The molecule has 0 radical (unpaired) electrons. The first-order valence-corrected chi connectivity index (χ1v) is 25.7. The summed E-state index contributed by atoms with van der Waals surface area (Å²) < 4.78 is 10.6. The Hall–Kier alpha value is -1.36. The van der Waals surface area contributed by atoms with E-state index in [-0.39, 0.29) is 25.2 Å². The Morgan fingerprint density at radius 2 is 0.684 bits per heavy atom. The summed E-state index contributed by atoms with van der Waals surface area (Å²) in [5.74, 6) is -0.589. The van der Waals surface area contributed by atoms with Crippen molar-refractivity contribution in [2.75, 3.05) is 13.2 Å². The Kier molecular flexibility index (Phi) is 47.8. The molecule has 5 nitrogen and oxygen atoms in total. The second kappa shape index (κ2) is 49.0. The molecule has 0 aliphatic heterocycles. The molecule has 57 heavy (non-hydrogen) atoms. The number of esters is 2. The molecule has 0 heterocycles. The van der Waals surface area contributed by atoms with E-state index in [0.717, 1.165) is 44.9 Å². The van der Waals surface area contributed by atoms with Gasteiger partial charge < -0.3 is 14.6 Å². The largest absolute Gasteiger partial charge is 0.462 e. The van der Waals surface area contributed by atoms with Gasteiger partial charge in [0.25, 0.3) is 0 Å². The highest BCUT2D eigenvalue weighted by molar-refractivity contribution is 5.70. The van der Waals surface area contributed by atoms with Gasteiger partial charge in [-0.1, -0.05) is 257 Å². The summed E-state index contributed by atoms with van der Waals surface area (Å²) in [6, 6.07) is 0. The molecule has 1 atom stereocenters. The zero-order valence-corrected chi connectivity index (χ0v) is 38.6. The fourth-order valence-corrected chi connectivity index (χ4v) is 7.91. The van der Waals surface area contributed by atoms with E-state index in [4.69, 9.17) is 9.47 Å². The predicted molar refractivity (Wildman–Crippen MR) is 247 cm³/mol. The first kappa shape index (κ1) is 55.6. The van der Waals surface area contributed by atoms with Gasteiger partial charge in [0.1, 0.15) is 6.61 Å². The van der Waals surface area contributed by atoms with Crippen molar-refractivity contribution in [2.24, 2.45) is 0 Å². The van der Waals surface area contributed by atoms with Crippen molar-refractivity contribution in [2.45, 2.75) is 296 Å². The van der Waals surface area contributed by atoms with Gasteiger partial charge in [0.05, 0.1) is 6.61 Å². The Bertz CT molecular complexity index is 825. The Labute approximate surface area is 356 Å². The van der Waals surface area contributed by atoms with E-state index in [2.05, 4.69) is 26.0 Å². The Morgan fingerprint density at radius 1 is 0.386 bits per heavy atom. The molecule has 0 spiro atoms. The molecule has 0 amide bonds. The zero-order valence-electron chi connectivity index (χ0n) is 38.6. The number of aliphatic hydroxyl groups excluding tert-OH is 1. The van der Waals surface area contributed by atoms with Crippen molar-refractivity contribution < 1.29 is 24.2 Å². The van der Waals surface area contributed by atoms with Gasteiger partial charge in [0.2, 0.25) is 0 Å². The van der Waals surface area contributed by atoms with E-state index in [1.165, 1.54) is 218 Å². The van der Waals surface area contributed by atoms with Crippen LogP contribution in [-0.4, -0.2) is 36.4 Å². The average molecular weight is 805 g/mol. The van der Waals surface area contributed by atoms with E-state index >= 15 is 0 Å². The first-order valence-electron chi connectivity index (χ1n) is 25.7. The van der Waals surface area contributed by atoms with E-state index in [1.807, 2.05) is 0 Å². The lowest BCUT2D eigenvalue weighted by Gasteiger charge is -2.15. The van der Waals surface area contributed by atoms with Crippen LogP contribution in [0, 0.1) is 0 Å². The van der Waals surface area contributed by atoms with Crippen LogP contribution in [0.3, 0.4) is 0 Å². The highest BCUT2D eigenvalue weighted by Crippen LogP contribution is 2.17.